The minimum absolute atomic E-state index is 0.329. The number of hydrogen-bond acceptors (Lipinski definition) is 3. The molecule has 3 N–H and O–H groups in total. The molecule has 0 aliphatic rings. The molecule has 1 rings (SSSR count). The van der Waals surface area contributed by atoms with E-state index in [9.17, 15) is 4.79 Å². The Hall–Kier alpha value is -0.420. The van der Waals surface area contributed by atoms with Gasteiger partial charge in [-0.25, -0.2) is 0 Å². The first kappa shape index (κ1) is 15.6. The second-order valence-corrected chi connectivity index (χ2v) is 5.70. The van der Waals surface area contributed by atoms with Crippen LogP contribution in [0.3, 0.4) is 0 Å². The van der Waals surface area contributed by atoms with E-state index in [1.807, 2.05) is 13.0 Å². The molecule has 0 aromatic heterocycles. The van der Waals surface area contributed by atoms with Crippen LogP contribution in [0.2, 0.25) is 10.0 Å². The number of carbonyl (C=O) groups excluding carboxylic acids is 1. The molecule has 0 aliphatic heterocycles. The van der Waals surface area contributed by atoms with Crippen LogP contribution in [0, 0.1) is 0 Å². The molecule has 0 spiro atoms. The van der Waals surface area contributed by atoms with E-state index in [1.165, 1.54) is 11.8 Å². The summed E-state index contributed by atoms with van der Waals surface area (Å²) in [6.45, 7) is 2.81. The van der Waals surface area contributed by atoms with Gasteiger partial charge in [-0.1, -0.05) is 30.1 Å². The summed E-state index contributed by atoms with van der Waals surface area (Å²) in [5.74, 6) is 0.240. The number of benzene rings is 1. The highest BCUT2D eigenvalue weighted by Gasteiger charge is 2.14. The van der Waals surface area contributed by atoms with Gasteiger partial charge in [-0.3, -0.25) is 4.79 Å². The molecule has 100 valence electrons. The molecule has 0 radical (unpaired) electrons. The number of halogens is 2. The predicted molar refractivity (Wildman–Crippen MR) is 78.5 cm³/mol. The summed E-state index contributed by atoms with van der Waals surface area (Å²) >= 11 is 13.3. The molecule has 0 fully saturated rings. The third-order valence-corrected chi connectivity index (χ3v) is 4.12. The van der Waals surface area contributed by atoms with E-state index in [1.54, 1.807) is 12.1 Å². The van der Waals surface area contributed by atoms with E-state index in [0.29, 0.717) is 15.8 Å². The zero-order chi connectivity index (χ0) is 13.5. The van der Waals surface area contributed by atoms with Crippen LogP contribution < -0.4 is 11.1 Å². The van der Waals surface area contributed by atoms with E-state index >= 15 is 0 Å². The summed E-state index contributed by atoms with van der Waals surface area (Å²) in [6, 6.07) is 5.07. The van der Waals surface area contributed by atoms with Crippen molar-refractivity contribution >= 4 is 40.9 Å². The monoisotopic (exact) mass is 306 g/mol. The number of hydrogen-bond donors (Lipinski definition) is 2. The molecule has 6 heteroatoms. The first-order valence-electron chi connectivity index (χ1n) is 5.65. The Morgan fingerprint density at radius 1 is 1.44 bits per heavy atom. The Labute approximate surface area is 121 Å². The van der Waals surface area contributed by atoms with Gasteiger partial charge in [-0.2, -0.15) is 0 Å². The highest BCUT2D eigenvalue weighted by Crippen LogP contribution is 2.28. The molecular formula is C12H16Cl2N2OS. The number of carbonyl (C=O) groups is 1. The highest BCUT2D eigenvalue weighted by molar-refractivity contribution is 7.99. The van der Waals surface area contributed by atoms with Crippen molar-refractivity contribution in [1.29, 1.82) is 0 Å². The van der Waals surface area contributed by atoms with E-state index in [0.717, 1.165) is 17.9 Å². The summed E-state index contributed by atoms with van der Waals surface area (Å²) in [5, 5.41) is 4.15. The van der Waals surface area contributed by atoms with Gasteiger partial charge in [-0.15, -0.1) is 11.8 Å². The number of thioether (sulfide) groups is 1. The summed E-state index contributed by atoms with van der Waals surface area (Å²) < 4.78 is 0. The average Bonchev–Trinajstić information content (AvgIpc) is 2.33. The number of nitrogens with two attached hydrogens (primary N) is 1. The molecule has 18 heavy (non-hydrogen) atoms. The number of amides is 1. The Kier molecular flexibility index (Phi) is 6.86. The molecule has 0 heterocycles. The lowest BCUT2D eigenvalue weighted by atomic mass is 10.3. The van der Waals surface area contributed by atoms with Gasteiger partial charge in [0.1, 0.15) is 0 Å². The fraction of sp³-hybridized carbons (Fsp3) is 0.417. The molecule has 0 saturated carbocycles. The van der Waals surface area contributed by atoms with Crippen molar-refractivity contribution in [3.63, 3.8) is 0 Å². The quantitative estimate of drug-likeness (QED) is 0.762. The van der Waals surface area contributed by atoms with Gasteiger partial charge in [-0.05, 0) is 31.2 Å². The summed E-state index contributed by atoms with van der Waals surface area (Å²) in [7, 11) is 0. The maximum atomic E-state index is 11.2. The minimum atomic E-state index is -0.337. The first-order valence-corrected chi connectivity index (χ1v) is 7.39. The van der Waals surface area contributed by atoms with Gasteiger partial charge in [0.15, 0.2) is 0 Å². The van der Waals surface area contributed by atoms with Gasteiger partial charge in [0.05, 0.1) is 16.1 Å². The fourth-order valence-electron chi connectivity index (χ4n) is 1.31. The minimum Gasteiger partial charge on any atom is -0.368 e. The number of primary amides is 1. The van der Waals surface area contributed by atoms with Crippen LogP contribution in [0.15, 0.2) is 23.1 Å². The molecule has 1 unspecified atom stereocenters. The molecule has 0 bridgehead atoms. The van der Waals surface area contributed by atoms with Crippen LogP contribution in [0.4, 0.5) is 0 Å². The fourth-order valence-corrected chi connectivity index (χ4v) is 2.68. The van der Waals surface area contributed by atoms with Gasteiger partial charge < -0.3 is 11.1 Å². The van der Waals surface area contributed by atoms with Crippen molar-refractivity contribution in [1.82, 2.24) is 5.32 Å². The average molecular weight is 307 g/mol. The van der Waals surface area contributed by atoms with Crippen LogP contribution in [0.25, 0.3) is 0 Å². The topological polar surface area (TPSA) is 55.1 Å². The smallest absolute Gasteiger partial charge is 0.235 e. The summed E-state index contributed by atoms with van der Waals surface area (Å²) in [6.07, 6.45) is 0.960. The predicted octanol–water partition coefficient (Wildman–Crippen LogP) is 2.94. The second-order valence-electron chi connectivity index (χ2n) is 3.80. The molecule has 3 nitrogen and oxygen atoms in total. The lowest BCUT2D eigenvalue weighted by Crippen LogP contribution is -2.43. The molecule has 1 aromatic carbocycles. The standard InChI is InChI=1S/C12H16Cl2N2OS/c1-2-5-16-11(12(15)17)7-18-8-3-4-9(13)10(14)6-8/h3-4,6,11,16H,2,5,7H2,1H3,(H2,15,17). The second kappa shape index (κ2) is 7.89. The highest BCUT2D eigenvalue weighted by atomic mass is 35.5. The van der Waals surface area contributed by atoms with Crippen LogP contribution in [0.1, 0.15) is 13.3 Å². The third-order valence-electron chi connectivity index (χ3n) is 2.29. The van der Waals surface area contributed by atoms with Crippen molar-refractivity contribution in [2.24, 2.45) is 5.73 Å². The Balaban J connectivity index is 2.55. The van der Waals surface area contributed by atoms with Crippen molar-refractivity contribution < 1.29 is 4.79 Å². The summed E-state index contributed by atoms with van der Waals surface area (Å²) in [4.78, 5) is 12.2. The molecule has 1 amide bonds. The lowest BCUT2D eigenvalue weighted by Gasteiger charge is -2.14. The first-order chi connectivity index (χ1) is 8.54. The Morgan fingerprint density at radius 3 is 2.72 bits per heavy atom. The van der Waals surface area contributed by atoms with E-state index in [-0.39, 0.29) is 11.9 Å². The zero-order valence-electron chi connectivity index (χ0n) is 10.1. The maximum Gasteiger partial charge on any atom is 0.235 e. The van der Waals surface area contributed by atoms with E-state index < -0.39 is 0 Å². The Bertz CT molecular complexity index is 415. The van der Waals surface area contributed by atoms with Crippen molar-refractivity contribution in [3.8, 4) is 0 Å². The molecular weight excluding hydrogens is 291 g/mol. The Morgan fingerprint density at radius 2 is 2.17 bits per heavy atom. The van der Waals surface area contributed by atoms with Gasteiger partial charge in [0.25, 0.3) is 0 Å². The van der Waals surface area contributed by atoms with Crippen LogP contribution in [-0.4, -0.2) is 24.2 Å². The van der Waals surface area contributed by atoms with Gasteiger partial charge >= 0.3 is 0 Å². The van der Waals surface area contributed by atoms with Crippen LogP contribution >= 0.6 is 35.0 Å². The largest absolute Gasteiger partial charge is 0.368 e. The molecule has 1 atom stereocenters. The SMILES string of the molecule is CCCNC(CSc1ccc(Cl)c(Cl)c1)C(N)=O. The van der Waals surface area contributed by atoms with Crippen LogP contribution in [0.5, 0.6) is 0 Å². The summed E-state index contributed by atoms with van der Waals surface area (Å²) in [5.41, 5.74) is 5.33. The maximum absolute atomic E-state index is 11.2. The van der Waals surface area contributed by atoms with Crippen LogP contribution in [-0.2, 0) is 4.79 Å². The van der Waals surface area contributed by atoms with E-state index in [4.69, 9.17) is 28.9 Å². The van der Waals surface area contributed by atoms with Crippen molar-refractivity contribution in [3.05, 3.63) is 28.2 Å². The van der Waals surface area contributed by atoms with Crippen molar-refractivity contribution in [2.75, 3.05) is 12.3 Å². The molecule has 0 aliphatic carbocycles. The van der Waals surface area contributed by atoms with E-state index in [2.05, 4.69) is 5.32 Å². The zero-order valence-corrected chi connectivity index (χ0v) is 12.4. The number of nitrogens with one attached hydrogen (secondary N) is 1. The third kappa shape index (κ3) is 5.06. The van der Waals surface area contributed by atoms with Crippen molar-refractivity contribution in [2.45, 2.75) is 24.3 Å². The van der Waals surface area contributed by atoms with Gasteiger partial charge in [0.2, 0.25) is 5.91 Å². The molecule has 0 saturated heterocycles. The normalized spacial score (nSPS) is 12.4. The lowest BCUT2D eigenvalue weighted by molar-refractivity contribution is -0.119. The number of rotatable bonds is 7. The van der Waals surface area contributed by atoms with Gasteiger partial charge in [0, 0.05) is 10.6 Å². The molecule has 1 aromatic rings.